The molecule has 0 atom stereocenters. The van der Waals surface area contributed by atoms with Crippen LogP contribution in [0.1, 0.15) is 5.56 Å². The number of rotatable bonds is 3. The number of hydrogen-bond donors (Lipinski definition) is 1. The summed E-state index contributed by atoms with van der Waals surface area (Å²) in [5.74, 6) is -0.418. The van der Waals surface area contributed by atoms with Crippen molar-refractivity contribution in [1.82, 2.24) is 4.98 Å². The highest BCUT2D eigenvalue weighted by Gasteiger charge is 2.03. The van der Waals surface area contributed by atoms with Crippen LogP contribution in [0.2, 0.25) is 5.02 Å². The van der Waals surface area contributed by atoms with Crippen molar-refractivity contribution in [2.24, 2.45) is 0 Å². The minimum atomic E-state index is -0.418. The molecule has 0 aliphatic rings. The van der Waals surface area contributed by atoms with E-state index in [0.29, 0.717) is 12.2 Å². The number of aromatic nitrogens is 1. The molecule has 0 bridgehead atoms. The van der Waals surface area contributed by atoms with Gasteiger partial charge in [-0.2, -0.15) is 0 Å². The van der Waals surface area contributed by atoms with Crippen molar-refractivity contribution >= 4 is 28.1 Å². The highest BCUT2D eigenvalue weighted by molar-refractivity contribution is 6.30. The van der Waals surface area contributed by atoms with Gasteiger partial charge in [0.05, 0.1) is 5.02 Å². The van der Waals surface area contributed by atoms with Gasteiger partial charge in [0.1, 0.15) is 5.82 Å². The maximum absolute atomic E-state index is 13.4. The van der Waals surface area contributed by atoms with Crippen molar-refractivity contribution in [3.05, 3.63) is 71.3 Å². The number of hydrogen-bond acceptors (Lipinski definition) is 2. The Labute approximate surface area is 121 Å². The van der Waals surface area contributed by atoms with Crippen LogP contribution in [-0.4, -0.2) is 4.98 Å². The number of halogens is 2. The predicted octanol–water partition coefficient (Wildman–Crippen LogP) is 4.64. The van der Waals surface area contributed by atoms with Crippen molar-refractivity contribution in [3.63, 3.8) is 0 Å². The fourth-order valence-corrected chi connectivity index (χ4v) is 2.26. The molecule has 0 saturated heterocycles. The Morgan fingerprint density at radius 2 is 2.05 bits per heavy atom. The third-order valence-electron chi connectivity index (χ3n) is 3.17. The Hall–Kier alpha value is -2.13. The van der Waals surface area contributed by atoms with Gasteiger partial charge in [-0.15, -0.1) is 0 Å². The first-order valence-corrected chi connectivity index (χ1v) is 6.62. The topological polar surface area (TPSA) is 24.9 Å². The lowest BCUT2D eigenvalue weighted by Crippen LogP contribution is -2.00. The first kappa shape index (κ1) is 12.9. The summed E-state index contributed by atoms with van der Waals surface area (Å²) in [5.41, 5.74) is 1.85. The van der Waals surface area contributed by atoms with E-state index in [0.717, 1.165) is 16.3 Å². The molecule has 1 heterocycles. The maximum Gasteiger partial charge on any atom is 0.143 e. The van der Waals surface area contributed by atoms with E-state index in [1.54, 1.807) is 18.3 Å². The summed E-state index contributed by atoms with van der Waals surface area (Å²) in [4.78, 5) is 4.11. The van der Waals surface area contributed by atoms with E-state index in [-0.39, 0.29) is 5.02 Å². The van der Waals surface area contributed by atoms with Gasteiger partial charge < -0.3 is 5.32 Å². The number of anilines is 1. The average molecular weight is 287 g/mol. The van der Waals surface area contributed by atoms with Crippen LogP contribution in [0.3, 0.4) is 0 Å². The molecule has 2 nitrogen and oxygen atoms in total. The van der Waals surface area contributed by atoms with E-state index in [1.807, 2.05) is 30.5 Å². The molecular weight excluding hydrogens is 275 g/mol. The predicted molar refractivity (Wildman–Crippen MR) is 80.5 cm³/mol. The summed E-state index contributed by atoms with van der Waals surface area (Å²) in [6, 6.07) is 12.7. The second kappa shape index (κ2) is 5.47. The largest absolute Gasteiger partial charge is 0.381 e. The number of nitrogens with zero attached hydrogens (tertiary/aromatic N) is 1. The molecule has 0 fully saturated rings. The van der Waals surface area contributed by atoms with E-state index >= 15 is 0 Å². The zero-order valence-corrected chi connectivity index (χ0v) is 11.4. The SMILES string of the molecule is Fc1cc(NCc2cccc3cnccc23)ccc1Cl. The van der Waals surface area contributed by atoms with Crippen LogP contribution in [-0.2, 0) is 6.54 Å². The lowest BCUT2D eigenvalue weighted by atomic mass is 10.1. The second-order valence-electron chi connectivity index (χ2n) is 4.50. The molecule has 0 radical (unpaired) electrons. The van der Waals surface area contributed by atoms with Gasteiger partial charge in [-0.05, 0) is 35.2 Å². The third-order valence-corrected chi connectivity index (χ3v) is 3.48. The minimum Gasteiger partial charge on any atom is -0.381 e. The lowest BCUT2D eigenvalue weighted by molar-refractivity contribution is 0.628. The number of pyridine rings is 1. The Morgan fingerprint density at radius 1 is 1.15 bits per heavy atom. The second-order valence-corrected chi connectivity index (χ2v) is 4.90. The Bertz CT molecular complexity index is 753. The van der Waals surface area contributed by atoms with Crippen molar-refractivity contribution in [1.29, 1.82) is 0 Å². The smallest absolute Gasteiger partial charge is 0.143 e. The van der Waals surface area contributed by atoms with Gasteiger partial charge in [-0.3, -0.25) is 4.98 Å². The lowest BCUT2D eigenvalue weighted by Gasteiger charge is -2.09. The van der Waals surface area contributed by atoms with Gasteiger partial charge in [0.25, 0.3) is 0 Å². The molecule has 0 saturated carbocycles. The molecule has 0 aliphatic carbocycles. The highest BCUT2D eigenvalue weighted by atomic mass is 35.5. The van der Waals surface area contributed by atoms with Crippen molar-refractivity contribution in [3.8, 4) is 0 Å². The zero-order chi connectivity index (χ0) is 13.9. The molecule has 1 N–H and O–H groups in total. The molecule has 4 heteroatoms. The van der Waals surface area contributed by atoms with Gasteiger partial charge in [-0.1, -0.05) is 29.8 Å². The van der Waals surface area contributed by atoms with Crippen LogP contribution in [0.15, 0.2) is 54.9 Å². The molecule has 2 aromatic carbocycles. The fraction of sp³-hybridized carbons (Fsp3) is 0.0625. The quantitative estimate of drug-likeness (QED) is 0.759. The number of benzene rings is 2. The first-order valence-electron chi connectivity index (χ1n) is 6.24. The molecule has 0 spiro atoms. The fourth-order valence-electron chi connectivity index (χ4n) is 2.15. The average Bonchev–Trinajstić information content (AvgIpc) is 2.48. The minimum absolute atomic E-state index is 0.131. The number of nitrogens with one attached hydrogen (secondary N) is 1. The van der Waals surface area contributed by atoms with Crippen molar-refractivity contribution in [2.75, 3.05) is 5.32 Å². The van der Waals surface area contributed by atoms with Gasteiger partial charge in [0, 0.05) is 30.0 Å². The van der Waals surface area contributed by atoms with Gasteiger partial charge in [-0.25, -0.2) is 4.39 Å². The molecule has 3 aromatic rings. The van der Waals surface area contributed by atoms with Gasteiger partial charge in [0.15, 0.2) is 0 Å². The molecule has 0 amide bonds. The van der Waals surface area contributed by atoms with Crippen LogP contribution in [0.5, 0.6) is 0 Å². The van der Waals surface area contributed by atoms with E-state index in [4.69, 9.17) is 11.6 Å². The van der Waals surface area contributed by atoms with Crippen LogP contribution in [0.4, 0.5) is 10.1 Å². The monoisotopic (exact) mass is 286 g/mol. The summed E-state index contributed by atoms with van der Waals surface area (Å²) in [6.07, 6.45) is 3.61. The van der Waals surface area contributed by atoms with Crippen molar-refractivity contribution < 1.29 is 4.39 Å². The van der Waals surface area contributed by atoms with Crippen molar-refractivity contribution in [2.45, 2.75) is 6.54 Å². The maximum atomic E-state index is 13.4. The van der Waals surface area contributed by atoms with Crippen LogP contribution in [0.25, 0.3) is 10.8 Å². The molecule has 20 heavy (non-hydrogen) atoms. The number of fused-ring (bicyclic) bond motifs is 1. The first-order chi connectivity index (χ1) is 9.74. The van der Waals surface area contributed by atoms with E-state index < -0.39 is 5.82 Å². The van der Waals surface area contributed by atoms with Crippen LogP contribution in [0, 0.1) is 5.82 Å². The van der Waals surface area contributed by atoms with Crippen LogP contribution >= 0.6 is 11.6 Å². The molecule has 100 valence electrons. The standard InChI is InChI=1S/C16H12ClFN2/c17-15-5-4-13(8-16(15)18)20-10-12-3-1-2-11-9-19-7-6-14(11)12/h1-9,20H,10H2. The van der Waals surface area contributed by atoms with Gasteiger partial charge in [0.2, 0.25) is 0 Å². The molecule has 0 unspecified atom stereocenters. The summed E-state index contributed by atoms with van der Waals surface area (Å²) >= 11 is 5.67. The third kappa shape index (κ3) is 2.58. The zero-order valence-electron chi connectivity index (χ0n) is 10.6. The molecule has 1 aromatic heterocycles. The van der Waals surface area contributed by atoms with E-state index in [1.165, 1.54) is 6.07 Å². The molecule has 3 rings (SSSR count). The summed E-state index contributed by atoms with van der Waals surface area (Å²) in [7, 11) is 0. The summed E-state index contributed by atoms with van der Waals surface area (Å²) in [5, 5.41) is 5.57. The Balaban J connectivity index is 1.85. The normalized spacial score (nSPS) is 10.7. The Kier molecular flexibility index (Phi) is 3.52. The van der Waals surface area contributed by atoms with E-state index in [2.05, 4.69) is 10.3 Å². The highest BCUT2D eigenvalue weighted by Crippen LogP contribution is 2.21. The summed E-state index contributed by atoms with van der Waals surface area (Å²) in [6.45, 7) is 0.614. The molecule has 0 aliphatic heterocycles. The van der Waals surface area contributed by atoms with E-state index in [9.17, 15) is 4.39 Å². The molecular formula is C16H12ClFN2. The van der Waals surface area contributed by atoms with Crippen LogP contribution < -0.4 is 5.32 Å². The van der Waals surface area contributed by atoms with Gasteiger partial charge >= 0.3 is 0 Å². The Morgan fingerprint density at radius 3 is 2.90 bits per heavy atom. The summed E-state index contributed by atoms with van der Waals surface area (Å²) < 4.78 is 13.4.